The highest BCUT2D eigenvalue weighted by atomic mass is 16.5. The molecule has 13 amide bonds. The Hall–Kier alpha value is -7.46. The van der Waals surface area contributed by atoms with Crippen LogP contribution in [-0.2, 0) is 76.6 Å². The van der Waals surface area contributed by atoms with Crippen LogP contribution >= 0.6 is 0 Å². The summed E-state index contributed by atoms with van der Waals surface area (Å²) in [7, 11) is 7.03. The summed E-state index contributed by atoms with van der Waals surface area (Å²) in [6, 6.07) is -12.3. The van der Waals surface area contributed by atoms with Crippen LogP contribution in [-0.4, -0.2) is 230 Å². The minimum absolute atomic E-state index is 0.0609. The third-order valence-corrected chi connectivity index (χ3v) is 17.9. The average molecular weight is 1390 g/mol. The van der Waals surface area contributed by atoms with Gasteiger partial charge < -0.3 is 76.9 Å². The summed E-state index contributed by atoms with van der Waals surface area (Å²) in [4.78, 5) is 203. The van der Waals surface area contributed by atoms with Gasteiger partial charge in [0.05, 0.1) is 0 Å². The fourth-order valence-corrected chi connectivity index (χ4v) is 11.3. The Bertz CT molecular complexity index is 2690. The summed E-state index contributed by atoms with van der Waals surface area (Å²) in [6.07, 6.45) is -0.971. The van der Waals surface area contributed by atoms with Gasteiger partial charge in [-0.1, -0.05) is 130 Å². The monoisotopic (exact) mass is 1390 g/mol. The van der Waals surface area contributed by atoms with Crippen molar-refractivity contribution < 1.29 is 76.6 Å². The van der Waals surface area contributed by atoms with Crippen molar-refractivity contribution in [3.63, 3.8) is 0 Å². The lowest BCUT2D eigenvalue weighted by Crippen LogP contribution is -2.61. The zero-order valence-corrected chi connectivity index (χ0v) is 63.0. The average Bonchev–Trinajstić information content (AvgIpc) is 0.834. The molecule has 560 valence electrons. The molecule has 1 rings (SSSR count). The van der Waals surface area contributed by atoms with Gasteiger partial charge in [0.15, 0.2) is 0 Å². The first kappa shape index (κ1) is 88.6. The van der Waals surface area contributed by atoms with E-state index in [0.29, 0.717) is 19.3 Å². The van der Waals surface area contributed by atoms with Crippen molar-refractivity contribution in [3.05, 3.63) is 0 Å². The number of nitrogens with one attached hydrogen (secondary N) is 9. The van der Waals surface area contributed by atoms with E-state index in [2.05, 4.69) is 47.9 Å². The van der Waals surface area contributed by atoms with Crippen molar-refractivity contribution in [2.24, 2.45) is 47.3 Å². The zero-order chi connectivity index (χ0) is 75.3. The van der Waals surface area contributed by atoms with Crippen molar-refractivity contribution in [1.82, 2.24) is 67.5 Å². The molecular formula is C69H123N13O16. The van der Waals surface area contributed by atoms with Crippen molar-refractivity contribution in [3.8, 4) is 0 Å². The maximum Gasteiger partial charge on any atom is 0.329 e. The molecule has 1 heterocycles. The Balaban J connectivity index is 4.15. The van der Waals surface area contributed by atoms with Gasteiger partial charge >= 0.3 is 5.97 Å². The van der Waals surface area contributed by atoms with Gasteiger partial charge in [0, 0.05) is 74.2 Å². The third kappa shape index (κ3) is 28.4. The van der Waals surface area contributed by atoms with Crippen LogP contribution in [0, 0.1) is 47.3 Å². The fraction of sp³-hybridized carbons (Fsp3) is 0.797. The minimum atomic E-state index is -1.73. The number of nitrogens with zero attached hydrogens (tertiary/aromatic N) is 4. The molecule has 0 radical (unpaired) electrons. The molecule has 1 fully saturated rings. The van der Waals surface area contributed by atoms with Crippen molar-refractivity contribution >= 4 is 82.8 Å². The molecule has 0 aliphatic carbocycles. The molecule has 0 bridgehead atoms. The van der Waals surface area contributed by atoms with Gasteiger partial charge in [-0.05, 0) is 80.5 Å². The number of ether oxygens (including phenoxy) is 2. The quantitative estimate of drug-likeness (QED) is 0.0742. The topological polar surface area (TPSA) is 379 Å². The summed E-state index contributed by atoms with van der Waals surface area (Å²) >= 11 is 0. The summed E-state index contributed by atoms with van der Waals surface area (Å²) in [5.74, 6) is -12.6. The maximum absolute atomic E-state index is 14.8. The summed E-state index contributed by atoms with van der Waals surface area (Å²) in [6.45, 7) is 30.2. The summed E-state index contributed by atoms with van der Waals surface area (Å²) in [5, 5.41) is 24.4. The number of hydrogen-bond donors (Lipinski definition) is 9. The lowest BCUT2D eigenvalue weighted by atomic mass is 9.94. The van der Waals surface area contributed by atoms with E-state index < -0.39 is 185 Å². The van der Waals surface area contributed by atoms with E-state index in [1.807, 2.05) is 55.4 Å². The number of cyclic esters (lactones) is 1. The molecule has 1 unspecified atom stereocenters. The summed E-state index contributed by atoms with van der Waals surface area (Å²) < 4.78 is 11.1. The van der Waals surface area contributed by atoms with Gasteiger partial charge in [-0.25, -0.2) is 4.79 Å². The highest BCUT2D eigenvalue weighted by Gasteiger charge is 2.43. The molecule has 9 N–H and O–H groups in total. The van der Waals surface area contributed by atoms with Gasteiger partial charge in [0.1, 0.15) is 73.1 Å². The normalized spacial score (nSPS) is 24.8. The third-order valence-electron chi connectivity index (χ3n) is 17.9. The van der Waals surface area contributed by atoms with Gasteiger partial charge in [-0.2, -0.15) is 0 Å². The molecule has 14 atom stereocenters. The smallest absolute Gasteiger partial charge is 0.329 e. The van der Waals surface area contributed by atoms with Gasteiger partial charge in [-0.15, -0.1) is 0 Å². The van der Waals surface area contributed by atoms with Crippen LogP contribution in [0.1, 0.15) is 182 Å². The van der Waals surface area contributed by atoms with Gasteiger partial charge in [0.25, 0.3) is 0 Å². The second kappa shape index (κ2) is 43.2. The standard InChI is InChI=1S/C69H123N13O16/c1-24-42(14)56-64(91)77-54(40(10)11)63(90)72-45(17)60(87)70-30-27-50(83)74-48(34-38(6)7)66(93)82(22)59(44(16)26-3)69(96)98-46(18)57(78-61(88)49(35-39(8)9)80(20)67(94)55(41(12)13)76-53(86)36-97-23)62(89)71-31-28-51(84)73-47(33-37(4)5)65(92)81(21)58(43(15)25-2)68(95)79(19)32-29-52(85)75-56/h37-49,54-59H,24-36H2,1-23H3,(H,70,87)(H,71,89)(H,72,90)(H,73,84)(H,74,83)(H,75,85)(H,76,86)(H,77,91)(H,78,88)/t42-,43-,44-,45-,46+,47+,48+,49+,54+,55?,56+,57-,58-,59+/m0/s1. The van der Waals surface area contributed by atoms with Crippen LogP contribution in [0.15, 0.2) is 0 Å². The fourth-order valence-electron chi connectivity index (χ4n) is 11.3. The Morgan fingerprint density at radius 3 is 1.51 bits per heavy atom. The number of esters is 1. The van der Waals surface area contributed by atoms with Gasteiger partial charge in [-0.3, -0.25) is 62.3 Å². The first-order valence-electron chi connectivity index (χ1n) is 35.0. The minimum Gasteiger partial charge on any atom is -0.458 e. The van der Waals surface area contributed by atoms with Crippen molar-refractivity contribution in [2.45, 2.75) is 249 Å². The molecule has 0 saturated carbocycles. The van der Waals surface area contributed by atoms with Crippen LogP contribution < -0.4 is 47.9 Å². The van der Waals surface area contributed by atoms with Crippen LogP contribution in [0.2, 0.25) is 0 Å². The largest absolute Gasteiger partial charge is 0.458 e. The van der Waals surface area contributed by atoms with Gasteiger partial charge in [0.2, 0.25) is 76.8 Å². The Morgan fingerprint density at radius 2 is 1.05 bits per heavy atom. The van der Waals surface area contributed by atoms with E-state index in [-0.39, 0.29) is 76.1 Å². The molecule has 98 heavy (non-hydrogen) atoms. The van der Waals surface area contributed by atoms with E-state index in [9.17, 15) is 67.1 Å². The molecule has 0 aromatic heterocycles. The molecule has 0 spiro atoms. The van der Waals surface area contributed by atoms with E-state index in [1.54, 1.807) is 55.4 Å². The predicted octanol–water partition coefficient (Wildman–Crippen LogP) is 1.92. The van der Waals surface area contributed by atoms with E-state index in [4.69, 9.17) is 9.47 Å². The Kier molecular flexibility index (Phi) is 39.0. The van der Waals surface area contributed by atoms with Crippen LogP contribution in [0.5, 0.6) is 0 Å². The number of likely N-dealkylation sites (N-methyl/N-ethyl adjacent to an activating group) is 4. The van der Waals surface area contributed by atoms with Crippen LogP contribution in [0.3, 0.4) is 0 Å². The lowest BCUT2D eigenvalue weighted by molar-refractivity contribution is -0.163. The van der Waals surface area contributed by atoms with Crippen molar-refractivity contribution in [1.29, 1.82) is 0 Å². The highest BCUT2D eigenvalue weighted by Crippen LogP contribution is 2.23. The number of rotatable bonds is 21. The van der Waals surface area contributed by atoms with E-state index in [1.165, 1.54) is 63.8 Å². The molecule has 29 nitrogen and oxygen atoms in total. The van der Waals surface area contributed by atoms with E-state index >= 15 is 0 Å². The van der Waals surface area contributed by atoms with E-state index in [0.717, 1.165) is 4.90 Å². The molecule has 1 saturated heterocycles. The van der Waals surface area contributed by atoms with Crippen molar-refractivity contribution in [2.75, 3.05) is 61.5 Å². The molecule has 1 aliphatic rings. The zero-order valence-electron chi connectivity index (χ0n) is 63.0. The SMILES string of the molecule is CC[C@H](C)[C@H]1C(=O)N(C)CCC(=O)N[C@H]([C@@H](C)CC)C(=O)N[C@H](C(C)C)C(=O)N[C@@H](C)C(=O)NCCC(=O)N[C@H](CC(C)C)C(=O)N(C)[C@H]([C@@H](C)CC)C(=O)O[C@H](C)[C@H](NC(=O)[C@@H](CC(C)C)N(C)C(=O)C(NC(=O)COC)C(C)C)C(=O)NCCC(=O)N[C@H](CC(C)C)C(=O)N1C. The van der Waals surface area contributed by atoms with Crippen LogP contribution in [0.25, 0.3) is 0 Å². The number of hydrogen-bond acceptors (Lipinski definition) is 16. The second-order valence-electron chi connectivity index (χ2n) is 28.5. The second-order valence-corrected chi connectivity index (χ2v) is 28.5. The molecule has 1 aliphatic heterocycles. The molecule has 29 heteroatoms. The number of carbonyl (C=O) groups excluding carboxylic acids is 14. The highest BCUT2D eigenvalue weighted by molar-refractivity contribution is 5.97. The summed E-state index contributed by atoms with van der Waals surface area (Å²) in [5.41, 5.74) is 0. The lowest BCUT2D eigenvalue weighted by Gasteiger charge is -2.36. The Labute approximate surface area is 582 Å². The predicted molar refractivity (Wildman–Crippen MR) is 370 cm³/mol. The maximum atomic E-state index is 14.8. The molecular weight excluding hydrogens is 1270 g/mol. The Morgan fingerprint density at radius 1 is 0.582 bits per heavy atom. The number of methoxy groups -OCH3 is 1. The van der Waals surface area contributed by atoms with Crippen LogP contribution in [0.4, 0.5) is 0 Å². The first-order valence-corrected chi connectivity index (χ1v) is 35.0. The number of amides is 13. The molecule has 0 aromatic rings. The molecule has 0 aromatic carbocycles. The number of carbonyl (C=O) groups is 14. The first-order chi connectivity index (χ1) is 45.6.